The summed E-state index contributed by atoms with van der Waals surface area (Å²) in [7, 11) is 0. The van der Waals surface area contributed by atoms with Gasteiger partial charge in [-0.2, -0.15) is 13.2 Å². The number of alkyl halides is 3. The van der Waals surface area contributed by atoms with E-state index < -0.39 is 30.3 Å². The van der Waals surface area contributed by atoms with Crippen LogP contribution in [-0.2, 0) is 0 Å². The molecule has 1 rings (SSSR count). The molecule has 3 nitrogen and oxygen atoms in total. The molecule has 0 amide bonds. The predicted molar refractivity (Wildman–Crippen MR) is 65.7 cm³/mol. The highest BCUT2D eigenvalue weighted by Crippen LogP contribution is 2.28. The molecule has 0 aliphatic heterocycles. The first-order valence-electron chi connectivity index (χ1n) is 5.66. The lowest BCUT2D eigenvalue weighted by atomic mass is 10.1. The number of rotatable bonds is 5. The van der Waals surface area contributed by atoms with Gasteiger partial charge in [-0.15, -0.1) is 0 Å². The highest BCUT2D eigenvalue weighted by molar-refractivity contribution is 5.81. The molecule has 0 saturated carbocycles. The second-order valence-corrected chi connectivity index (χ2v) is 4.06. The summed E-state index contributed by atoms with van der Waals surface area (Å²) in [5, 5.41) is 7.04. The first-order valence-corrected chi connectivity index (χ1v) is 5.66. The van der Waals surface area contributed by atoms with E-state index in [1.165, 1.54) is 29.2 Å². The van der Waals surface area contributed by atoms with Crippen LogP contribution in [0.15, 0.2) is 24.3 Å². The monoisotopic (exact) mass is 277 g/mol. The second-order valence-electron chi connectivity index (χ2n) is 4.06. The van der Waals surface area contributed by atoms with Crippen LogP contribution in [-0.4, -0.2) is 25.1 Å². The molecule has 1 aromatic carbocycles. The fourth-order valence-electron chi connectivity index (χ4n) is 1.67. The van der Waals surface area contributed by atoms with Crippen LogP contribution in [0.5, 0.6) is 0 Å². The van der Waals surface area contributed by atoms with E-state index in [9.17, 15) is 17.6 Å². The van der Waals surface area contributed by atoms with Crippen molar-refractivity contribution in [3.05, 3.63) is 30.1 Å². The number of anilines is 1. The van der Waals surface area contributed by atoms with Gasteiger partial charge >= 0.3 is 6.18 Å². The van der Waals surface area contributed by atoms with Crippen molar-refractivity contribution in [2.24, 2.45) is 11.7 Å². The van der Waals surface area contributed by atoms with Crippen molar-refractivity contribution in [1.29, 1.82) is 5.41 Å². The number of hydrogen-bond acceptors (Lipinski definition) is 2. The van der Waals surface area contributed by atoms with E-state index in [1.54, 1.807) is 6.92 Å². The molecular formula is C12H15F4N3. The zero-order valence-corrected chi connectivity index (χ0v) is 10.3. The van der Waals surface area contributed by atoms with Crippen LogP contribution in [0.2, 0.25) is 0 Å². The third-order valence-electron chi connectivity index (χ3n) is 2.75. The van der Waals surface area contributed by atoms with Gasteiger partial charge in [0.2, 0.25) is 0 Å². The molecule has 0 aromatic heterocycles. The summed E-state index contributed by atoms with van der Waals surface area (Å²) in [6.45, 7) is 1.52. The van der Waals surface area contributed by atoms with Gasteiger partial charge in [0.15, 0.2) is 0 Å². The van der Waals surface area contributed by atoms with Crippen molar-refractivity contribution in [3.8, 4) is 0 Å². The molecule has 106 valence electrons. The molecule has 1 unspecified atom stereocenters. The molecule has 0 bridgehead atoms. The van der Waals surface area contributed by atoms with Crippen LogP contribution >= 0.6 is 0 Å². The average molecular weight is 277 g/mol. The highest BCUT2D eigenvalue weighted by Gasteiger charge is 2.42. The van der Waals surface area contributed by atoms with Crippen LogP contribution in [0.25, 0.3) is 0 Å². The van der Waals surface area contributed by atoms with Crippen LogP contribution in [0.3, 0.4) is 0 Å². The maximum atomic E-state index is 12.8. The van der Waals surface area contributed by atoms with Crippen molar-refractivity contribution in [2.45, 2.75) is 13.1 Å². The molecule has 0 fully saturated rings. The fourth-order valence-corrected chi connectivity index (χ4v) is 1.67. The van der Waals surface area contributed by atoms with Gasteiger partial charge < -0.3 is 10.6 Å². The topological polar surface area (TPSA) is 53.1 Å². The van der Waals surface area contributed by atoms with E-state index >= 15 is 0 Å². The number of nitrogens with two attached hydrogens (primary N) is 1. The van der Waals surface area contributed by atoms with Crippen molar-refractivity contribution in [2.75, 3.05) is 18.0 Å². The summed E-state index contributed by atoms with van der Waals surface area (Å²) in [6, 6.07) is 5.14. The largest absolute Gasteiger partial charge is 0.400 e. The number of hydrogen-bond donors (Lipinski definition) is 2. The predicted octanol–water partition coefficient (Wildman–Crippen LogP) is 2.77. The summed E-state index contributed by atoms with van der Waals surface area (Å²) in [4.78, 5) is 1.40. The molecule has 7 heteroatoms. The first kappa shape index (κ1) is 15.3. The number of amidine groups is 1. The van der Waals surface area contributed by atoms with Gasteiger partial charge in [0.1, 0.15) is 17.6 Å². The molecule has 0 radical (unpaired) electrons. The Morgan fingerprint density at radius 1 is 1.32 bits per heavy atom. The minimum atomic E-state index is -4.57. The van der Waals surface area contributed by atoms with Crippen molar-refractivity contribution < 1.29 is 17.6 Å². The van der Waals surface area contributed by atoms with E-state index in [-0.39, 0.29) is 0 Å². The van der Waals surface area contributed by atoms with Crippen molar-refractivity contribution >= 4 is 11.5 Å². The summed E-state index contributed by atoms with van der Waals surface area (Å²) in [5.41, 5.74) is 5.46. The van der Waals surface area contributed by atoms with Gasteiger partial charge in [0.25, 0.3) is 0 Å². The van der Waals surface area contributed by atoms with Crippen LogP contribution < -0.4 is 10.6 Å². The Morgan fingerprint density at radius 2 is 1.84 bits per heavy atom. The second kappa shape index (κ2) is 5.90. The van der Waals surface area contributed by atoms with Gasteiger partial charge in [-0.05, 0) is 31.2 Å². The zero-order valence-electron chi connectivity index (χ0n) is 10.3. The minimum Gasteiger partial charge on any atom is -0.387 e. The number of benzene rings is 1. The summed E-state index contributed by atoms with van der Waals surface area (Å²) in [5.74, 6) is -3.41. The van der Waals surface area contributed by atoms with E-state index in [0.29, 0.717) is 12.2 Å². The van der Waals surface area contributed by atoms with E-state index in [1.807, 2.05) is 0 Å². The Labute approximate surface area is 108 Å². The Kier molecular flexibility index (Phi) is 4.74. The minimum absolute atomic E-state index is 0.297. The van der Waals surface area contributed by atoms with Crippen molar-refractivity contribution in [1.82, 2.24) is 0 Å². The molecule has 0 aliphatic carbocycles. The Hall–Kier alpha value is -1.79. The zero-order chi connectivity index (χ0) is 14.6. The van der Waals surface area contributed by atoms with Gasteiger partial charge in [-0.1, -0.05) is 0 Å². The van der Waals surface area contributed by atoms with Crippen LogP contribution in [0, 0.1) is 17.1 Å². The van der Waals surface area contributed by atoms with Crippen molar-refractivity contribution in [3.63, 3.8) is 0 Å². The number of nitrogens with one attached hydrogen (secondary N) is 1. The highest BCUT2D eigenvalue weighted by atomic mass is 19.4. The Morgan fingerprint density at radius 3 is 2.21 bits per heavy atom. The smallest absolute Gasteiger partial charge is 0.387 e. The van der Waals surface area contributed by atoms with Gasteiger partial charge in [-0.3, -0.25) is 5.41 Å². The molecule has 0 saturated heterocycles. The first-order chi connectivity index (χ1) is 8.75. The molecule has 0 aliphatic rings. The summed E-state index contributed by atoms with van der Waals surface area (Å²) < 4.78 is 51.0. The fraction of sp³-hybridized carbons (Fsp3) is 0.417. The molecule has 0 heterocycles. The Bertz CT molecular complexity index is 428. The van der Waals surface area contributed by atoms with E-state index in [2.05, 4.69) is 0 Å². The lowest BCUT2D eigenvalue weighted by Gasteiger charge is -2.29. The van der Waals surface area contributed by atoms with Gasteiger partial charge in [0, 0.05) is 18.8 Å². The van der Waals surface area contributed by atoms with E-state index in [4.69, 9.17) is 11.1 Å². The molecular weight excluding hydrogens is 262 g/mol. The molecule has 0 spiro atoms. The van der Waals surface area contributed by atoms with Crippen LogP contribution in [0.1, 0.15) is 6.92 Å². The quantitative estimate of drug-likeness (QED) is 0.494. The average Bonchev–Trinajstić information content (AvgIpc) is 2.30. The third kappa shape index (κ3) is 4.11. The lowest BCUT2D eigenvalue weighted by Crippen LogP contribution is -2.44. The van der Waals surface area contributed by atoms with Gasteiger partial charge in [0.05, 0.1) is 0 Å². The molecule has 3 N–H and O–H groups in total. The summed E-state index contributed by atoms with van der Waals surface area (Å²) in [6.07, 6.45) is -4.57. The van der Waals surface area contributed by atoms with E-state index in [0.717, 1.165) is 0 Å². The third-order valence-corrected chi connectivity index (χ3v) is 2.75. The maximum Gasteiger partial charge on any atom is 0.400 e. The Balaban J connectivity index is 2.92. The normalized spacial score (nSPS) is 13.1. The maximum absolute atomic E-state index is 12.8. The summed E-state index contributed by atoms with van der Waals surface area (Å²) >= 11 is 0. The SMILES string of the molecule is CCN(CC(C(=N)N)C(F)(F)F)c1ccc(F)cc1. The molecule has 1 atom stereocenters. The number of nitrogens with zero attached hydrogens (tertiary/aromatic N) is 1. The lowest BCUT2D eigenvalue weighted by molar-refractivity contribution is -0.153. The molecule has 19 heavy (non-hydrogen) atoms. The van der Waals surface area contributed by atoms with Gasteiger partial charge in [-0.25, -0.2) is 4.39 Å². The molecule has 1 aromatic rings. The number of halogens is 4. The van der Waals surface area contributed by atoms with Crippen LogP contribution in [0.4, 0.5) is 23.2 Å². The standard InChI is InChI=1S/C12H15F4N3/c1-2-19(9-5-3-8(13)4-6-9)7-10(11(17)18)12(14,15)16/h3-6,10H,2,7H2,1H3,(H3,17,18).